The highest BCUT2D eigenvalue weighted by Gasteiger charge is 2.21. The molecule has 18 heavy (non-hydrogen) atoms. The fraction of sp³-hybridized carbons (Fsp3) is 0.571. The molecule has 0 spiro atoms. The Morgan fingerprint density at radius 1 is 1.56 bits per heavy atom. The molecule has 0 aromatic heterocycles. The number of likely N-dealkylation sites (N-methyl/N-ethyl adjacent to an activating group) is 1. The first-order valence-corrected chi connectivity index (χ1v) is 7.26. The van der Waals surface area contributed by atoms with Crippen molar-refractivity contribution in [3.63, 3.8) is 0 Å². The molecule has 1 heterocycles. The monoisotopic (exact) mass is 314 g/mol. The number of nitrogens with one attached hydrogen (secondary N) is 1. The molecule has 2 rings (SSSR count). The van der Waals surface area contributed by atoms with Gasteiger partial charge in [0.2, 0.25) is 0 Å². The molecular formula is C14H20BrFN2. The average molecular weight is 315 g/mol. The van der Waals surface area contributed by atoms with Crippen molar-refractivity contribution in [2.24, 2.45) is 0 Å². The smallest absolute Gasteiger partial charge is 0.128 e. The van der Waals surface area contributed by atoms with Crippen LogP contribution in [-0.2, 0) is 0 Å². The SMILES string of the molecule is CC(c1cc(Br)ccc1F)N(C)CC1CCCN1. The predicted octanol–water partition coefficient (Wildman–Crippen LogP) is 3.33. The Morgan fingerprint density at radius 3 is 3.00 bits per heavy atom. The fourth-order valence-corrected chi connectivity index (χ4v) is 2.87. The lowest BCUT2D eigenvalue weighted by atomic mass is 10.1. The van der Waals surface area contributed by atoms with E-state index in [1.807, 2.05) is 6.07 Å². The summed E-state index contributed by atoms with van der Waals surface area (Å²) < 4.78 is 14.8. The van der Waals surface area contributed by atoms with Crippen LogP contribution in [0.5, 0.6) is 0 Å². The molecule has 2 atom stereocenters. The van der Waals surface area contributed by atoms with Gasteiger partial charge in [-0.15, -0.1) is 0 Å². The number of hydrogen-bond acceptors (Lipinski definition) is 2. The summed E-state index contributed by atoms with van der Waals surface area (Å²) >= 11 is 3.40. The minimum absolute atomic E-state index is 0.0879. The normalized spacial score (nSPS) is 21.5. The Bertz CT molecular complexity index is 405. The largest absolute Gasteiger partial charge is 0.313 e. The third-order valence-corrected chi connectivity index (χ3v) is 4.23. The number of hydrogen-bond donors (Lipinski definition) is 1. The van der Waals surface area contributed by atoms with Crippen molar-refractivity contribution in [2.45, 2.75) is 31.8 Å². The summed E-state index contributed by atoms with van der Waals surface area (Å²) in [6.07, 6.45) is 2.47. The van der Waals surface area contributed by atoms with Crippen molar-refractivity contribution < 1.29 is 4.39 Å². The minimum atomic E-state index is -0.128. The number of nitrogens with zero attached hydrogens (tertiary/aromatic N) is 1. The van der Waals surface area contributed by atoms with E-state index in [-0.39, 0.29) is 11.9 Å². The quantitative estimate of drug-likeness (QED) is 0.917. The van der Waals surface area contributed by atoms with Gasteiger partial charge in [0, 0.05) is 28.7 Å². The lowest BCUT2D eigenvalue weighted by Gasteiger charge is -2.28. The minimum Gasteiger partial charge on any atom is -0.313 e. The first-order valence-electron chi connectivity index (χ1n) is 6.46. The van der Waals surface area contributed by atoms with E-state index < -0.39 is 0 Å². The van der Waals surface area contributed by atoms with E-state index in [1.165, 1.54) is 18.9 Å². The van der Waals surface area contributed by atoms with E-state index >= 15 is 0 Å². The van der Waals surface area contributed by atoms with Crippen LogP contribution >= 0.6 is 15.9 Å². The van der Waals surface area contributed by atoms with Gasteiger partial charge in [-0.3, -0.25) is 4.90 Å². The number of halogens is 2. The van der Waals surface area contributed by atoms with Crippen LogP contribution in [0.2, 0.25) is 0 Å². The molecule has 1 aromatic rings. The van der Waals surface area contributed by atoms with E-state index in [0.717, 1.165) is 23.1 Å². The molecule has 0 radical (unpaired) electrons. The summed E-state index contributed by atoms with van der Waals surface area (Å²) in [6.45, 7) is 4.13. The Hall–Kier alpha value is -0.450. The van der Waals surface area contributed by atoms with Gasteiger partial charge in [-0.05, 0) is 51.6 Å². The zero-order valence-corrected chi connectivity index (χ0v) is 12.5. The predicted molar refractivity (Wildman–Crippen MR) is 76.2 cm³/mol. The van der Waals surface area contributed by atoms with Crippen molar-refractivity contribution in [3.05, 3.63) is 34.1 Å². The van der Waals surface area contributed by atoms with Crippen LogP contribution in [0.1, 0.15) is 31.4 Å². The number of benzene rings is 1. The van der Waals surface area contributed by atoms with Crippen LogP contribution in [0.25, 0.3) is 0 Å². The maximum atomic E-state index is 13.8. The van der Waals surface area contributed by atoms with Gasteiger partial charge >= 0.3 is 0 Å². The molecule has 1 aromatic carbocycles. The first-order chi connectivity index (χ1) is 8.58. The maximum Gasteiger partial charge on any atom is 0.128 e. The van der Waals surface area contributed by atoms with Crippen molar-refractivity contribution >= 4 is 15.9 Å². The van der Waals surface area contributed by atoms with Crippen LogP contribution in [0.3, 0.4) is 0 Å². The van der Waals surface area contributed by atoms with Crippen LogP contribution in [0, 0.1) is 5.82 Å². The Morgan fingerprint density at radius 2 is 2.33 bits per heavy atom. The van der Waals surface area contributed by atoms with E-state index in [9.17, 15) is 4.39 Å². The molecule has 2 unspecified atom stereocenters. The van der Waals surface area contributed by atoms with E-state index in [4.69, 9.17) is 0 Å². The summed E-state index contributed by atoms with van der Waals surface area (Å²) in [6, 6.07) is 5.78. The van der Waals surface area contributed by atoms with Gasteiger partial charge in [-0.2, -0.15) is 0 Å². The average Bonchev–Trinajstić information content (AvgIpc) is 2.84. The molecule has 1 saturated heterocycles. The zero-order chi connectivity index (χ0) is 13.1. The fourth-order valence-electron chi connectivity index (χ4n) is 2.49. The third-order valence-electron chi connectivity index (χ3n) is 3.74. The molecule has 0 bridgehead atoms. The van der Waals surface area contributed by atoms with Crippen LogP contribution in [0.15, 0.2) is 22.7 Å². The lowest BCUT2D eigenvalue weighted by molar-refractivity contribution is 0.234. The van der Waals surface area contributed by atoms with Crippen LogP contribution in [0.4, 0.5) is 4.39 Å². The van der Waals surface area contributed by atoms with Gasteiger partial charge < -0.3 is 5.32 Å². The summed E-state index contributed by atoms with van der Waals surface area (Å²) in [5.74, 6) is -0.128. The highest BCUT2D eigenvalue weighted by molar-refractivity contribution is 9.10. The van der Waals surface area contributed by atoms with Crippen LogP contribution in [-0.4, -0.2) is 31.1 Å². The molecule has 100 valence electrons. The standard InChI is InChI=1S/C14H20BrFN2/c1-10(13-8-11(15)5-6-14(13)16)18(2)9-12-4-3-7-17-12/h5-6,8,10,12,17H,3-4,7,9H2,1-2H3. The molecule has 1 fully saturated rings. The molecule has 1 aliphatic heterocycles. The van der Waals surface area contributed by atoms with Crippen molar-refractivity contribution in [1.82, 2.24) is 10.2 Å². The van der Waals surface area contributed by atoms with Gasteiger partial charge in [0.15, 0.2) is 0 Å². The summed E-state index contributed by atoms with van der Waals surface area (Å²) in [5, 5.41) is 3.48. The Balaban J connectivity index is 2.04. The summed E-state index contributed by atoms with van der Waals surface area (Å²) in [5.41, 5.74) is 0.755. The first kappa shape index (κ1) is 14.0. The molecule has 1 N–H and O–H groups in total. The molecular weight excluding hydrogens is 295 g/mol. The van der Waals surface area contributed by atoms with Crippen molar-refractivity contribution in [3.8, 4) is 0 Å². The molecule has 2 nitrogen and oxygen atoms in total. The summed E-state index contributed by atoms with van der Waals surface area (Å²) in [4.78, 5) is 2.22. The van der Waals surface area contributed by atoms with Gasteiger partial charge in [0.1, 0.15) is 5.82 Å². The maximum absolute atomic E-state index is 13.8. The van der Waals surface area contributed by atoms with Crippen molar-refractivity contribution in [2.75, 3.05) is 20.1 Å². The Labute approximate surface area is 117 Å². The lowest BCUT2D eigenvalue weighted by Crippen LogP contribution is -2.36. The molecule has 1 aliphatic rings. The summed E-state index contributed by atoms with van der Waals surface area (Å²) in [7, 11) is 2.06. The molecule has 0 saturated carbocycles. The Kier molecular flexibility index (Phi) is 4.76. The van der Waals surface area contributed by atoms with E-state index in [0.29, 0.717) is 6.04 Å². The molecule has 4 heteroatoms. The second-order valence-corrected chi connectivity index (χ2v) is 5.99. The second-order valence-electron chi connectivity index (χ2n) is 5.07. The number of rotatable bonds is 4. The van der Waals surface area contributed by atoms with Crippen molar-refractivity contribution in [1.29, 1.82) is 0 Å². The highest BCUT2D eigenvalue weighted by Crippen LogP contribution is 2.25. The zero-order valence-electron chi connectivity index (χ0n) is 10.9. The van der Waals surface area contributed by atoms with Gasteiger partial charge in [0.25, 0.3) is 0 Å². The van der Waals surface area contributed by atoms with Gasteiger partial charge in [0.05, 0.1) is 0 Å². The van der Waals surface area contributed by atoms with Gasteiger partial charge in [-0.25, -0.2) is 4.39 Å². The topological polar surface area (TPSA) is 15.3 Å². The molecule has 0 aliphatic carbocycles. The third kappa shape index (κ3) is 3.31. The van der Waals surface area contributed by atoms with Crippen LogP contribution < -0.4 is 5.32 Å². The van der Waals surface area contributed by atoms with Gasteiger partial charge in [-0.1, -0.05) is 15.9 Å². The second kappa shape index (κ2) is 6.13. The van der Waals surface area contributed by atoms with E-state index in [2.05, 4.69) is 40.1 Å². The molecule has 0 amide bonds. The highest BCUT2D eigenvalue weighted by atomic mass is 79.9. The van der Waals surface area contributed by atoms with E-state index in [1.54, 1.807) is 6.07 Å².